The van der Waals surface area contributed by atoms with Gasteiger partial charge in [0.2, 0.25) is 0 Å². The summed E-state index contributed by atoms with van der Waals surface area (Å²) in [5.41, 5.74) is 0.794. The highest BCUT2D eigenvalue weighted by molar-refractivity contribution is 8.14. The van der Waals surface area contributed by atoms with Gasteiger partial charge in [0.1, 0.15) is 0 Å². The molecular formula is C14H20O2S. The molecule has 0 saturated carbocycles. The highest BCUT2D eigenvalue weighted by Crippen LogP contribution is 2.32. The van der Waals surface area contributed by atoms with Crippen LogP contribution < -0.4 is 0 Å². The predicted molar refractivity (Wildman–Crippen MR) is 72.9 cm³/mol. The van der Waals surface area contributed by atoms with Crippen LogP contribution in [0.4, 0.5) is 0 Å². The Labute approximate surface area is 107 Å². The Kier molecular flexibility index (Phi) is 4.78. The van der Waals surface area contributed by atoms with Crippen molar-refractivity contribution in [1.82, 2.24) is 0 Å². The molecule has 0 aliphatic rings. The molecule has 2 nitrogen and oxygen atoms in total. The molecule has 1 N–H and O–H groups in total. The van der Waals surface area contributed by atoms with Gasteiger partial charge < -0.3 is 5.11 Å². The smallest absolute Gasteiger partial charge is 0.195 e. The Morgan fingerprint density at radius 1 is 1.24 bits per heavy atom. The molecule has 0 bridgehead atoms. The molecule has 0 saturated heterocycles. The highest BCUT2D eigenvalue weighted by Gasteiger charge is 2.27. The van der Waals surface area contributed by atoms with Crippen LogP contribution >= 0.6 is 11.8 Å². The molecule has 94 valence electrons. The summed E-state index contributed by atoms with van der Waals surface area (Å²) in [6.07, 6.45) is -0.724. The third kappa shape index (κ3) is 4.52. The summed E-state index contributed by atoms with van der Waals surface area (Å²) >= 11 is 1.29. The second kappa shape index (κ2) is 5.69. The van der Waals surface area contributed by atoms with E-state index < -0.39 is 6.10 Å². The lowest BCUT2D eigenvalue weighted by Gasteiger charge is -2.22. The highest BCUT2D eigenvalue weighted by atomic mass is 32.2. The normalized spacial score (nSPS) is 15.4. The molecule has 0 fully saturated rings. The first kappa shape index (κ1) is 14.3. The third-order valence-electron chi connectivity index (χ3n) is 2.39. The van der Waals surface area contributed by atoms with E-state index >= 15 is 0 Å². The first-order valence-electron chi connectivity index (χ1n) is 5.77. The predicted octanol–water partition coefficient (Wildman–Crippen LogP) is 3.41. The van der Waals surface area contributed by atoms with Gasteiger partial charge in [0, 0.05) is 4.75 Å². The van der Waals surface area contributed by atoms with Crippen LogP contribution in [-0.4, -0.2) is 15.0 Å². The van der Waals surface area contributed by atoms with Crippen molar-refractivity contribution in [2.24, 2.45) is 5.92 Å². The van der Waals surface area contributed by atoms with Crippen LogP contribution in [0.5, 0.6) is 0 Å². The lowest BCUT2D eigenvalue weighted by molar-refractivity contribution is -0.117. The van der Waals surface area contributed by atoms with Crippen molar-refractivity contribution in [2.75, 3.05) is 0 Å². The zero-order chi connectivity index (χ0) is 13.1. The first-order chi connectivity index (χ1) is 7.81. The number of aliphatic hydroxyl groups excluding tert-OH is 1. The fraction of sp³-hybridized carbons (Fsp3) is 0.500. The van der Waals surface area contributed by atoms with Gasteiger partial charge in [-0.25, -0.2) is 0 Å². The zero-order valence-corrected chi connectivity index (χ0v) is 11.6. The van der Waals surface area contributed by atoms with Crippen molar-refractivity contribution in [2.45, 2.75) is 38.5 Å². The Morgan fingerprint density at radius 2 is 1.76 bits per heavy atom. The van der Waals surface area contributed by atoms with Gasteiger partial charge in [0.25, 0.3) is 0 Å². The summed E-state index contributed by atoms with van der Waals surface area (Å²) in [6, 6.07) is 9.32. The fourth-order valence-corrected chi connectivity index (χ4v) is 2.38. The minimum absolute atomic E-state index is 0.0360. The van der Waals surface area contributed by atoms with E-state index in [1.165, 1.54) is 11.8 Å². The largest absolute Gasteiger partial charge is 0.388 e. The Hall–Kier alpha value is -0.800. The second-order valence-electron chi connectivity index (χ2n) is 5.18. The molecular weight excluding hydrogens is 232 g/mol. The molecule has 0 aromatic heterocycles. The van der Waals surface area contributed by atoms with Crippen molar-refractivity contribution in [3.05, 3.63) is 35.9 Å². The number of benzene rings is 1. The average molecular weight is 252 g/mol. The van der Waals surface area contributed by atoms with E-state index in [-0.39, 0.29) is 15.8 Å². The van der Waals surface area contributed by atoms with Crippen molar-refractivity contribution < 1.29 is 9.90 Å². The van der Waals surface area contributed by atoms with E-state index in [9.17, 15) is 9.90 Å². The molecule has 17 heavy (non-hydrogen) atoms. The molecule has 0 spiro atoms. The Balaban J connectivity index is 2.70. The van der Waals surface area contributed by atoms with Crippen molar-refractivity contribution >= 4 is 16.9 Å². The van der Waals surface area contributed by atoms with E-state index in [1.807, 2.05) is 51.1 Å². The topological polar surface area (TPSA) is 37.3 Å². The molecule has 3 heteroatoms. The Morgan fingerprint density at radius 3 is 2.24 bits per heavy atom. The Bertz CT molecular complexity index is 368. The zero-order valence-electron chi connectivity index (χ0n) is 10.8. The maximum atomic E-state index is 12.0. The van der Waals surface area contributed by atoms with Gasteiger partial charge in [-0.1, -0.05) is 69.8 Å². The molecule has 0 radical (unpaired) electrons. The SMILES string of the molecule is C[C@@H](C(=O)SC(C)(C)C)[C@H](O)c1ccccc1. The molecule has 1 rings (SSSR count). The van der Waals surface area contributed by atoms with E-state index in [0.717, 1.165) is 5.56 Å². The van der Waals surface area contributed by atoms with E-state index in [2.05, 4.69) is 0 Å². The van der Waals surface area contributed by atoms with Gasteiger partial charge in [0.05, 0.1) is 12.0 Å². The van der Waals surface area contributed by atoms with Gasteiger partial charge in [-0.2, -0.15) is 0 Å². The van der Waals surface area contributed by atoms with Gasteiger partial charge in [-0.3, -0.25) is 4.79 Å². The lowest BCUT2D eigenvalue weighted by atomic mass is 9.99. The quantitative estimate of drug-likeness (QED) is 0.895. The van der Waals surface area contributed by atoms with Crippen LogP contribution in [0.3, 0.4) is 0 Å². The summed E-state index contributed by atoms with van der Waals surface area (Å²) in [7, 11) is 0. The summed E-state index contributed by atoms with van der Waals surface area (Å²) in [4.78, 5) is 12.0. The minimum Gasteiger partial charge on any atom is -0.388 e. The minimum atomic E-state index is -0.724. The number of rotatable bonds is 3. The van der Waals surface area contributed by atoms with E-state index in [4.69, 9.17) is 0 Å². The molecule has 0 amide bonds. The average Bonchev–Trinajstić information content (AvgIpc) is 2.26. The van der Waals surface area contributed by atoms with Crippen LogP contribution in [-0.2, 0) is 4.79 Å². The molecule has 2 atom stereocenters. The number of carbonyl (C=O) groups excluding carboxylic acids is 1. The van der Waals surface area contributed by atoms with Gasteiger partial charge in [-0.05, 0) is 5.56 Å². The number of carbonyl (C=O) groups is 1. The van der Waals surface area contributed by atoms with Crippen LogP contribution in [0.2, 0.25) is 0 Å². The van der Waals surface area contributed by atoms with Crippen LogP contribution in [0.25, 0.3) is 0 Å². The van der Waals surface area contributed by atoms with E-state index in [1.54, 1.807) is 6.92 Å². The van der Waals surface area contributed by atoms with Gasteiger partial charge >= 0.3 is 0 Å². The van der Waals surface area contributed by atoms with E-state index in [0.29, 0.717) is 0 Å². The van der Waals surface area contributed by atoms with Crippen molar-refractivity contribution in [3.63, 3.8) is 0 Å². The summed E-state index contributed by atoms with van der Waals surface area (Å²) < 4.78 is -0.109. The molecule has 0 aliphatic carbocycles. The summed E-state index contributed by atoms with van der Waals surface area (Å²) in [5.74, 6) is -0.387. The number of thioether (sulfide) groups is 1. The number of hydrogen-bond acceptors (Lipinski definition) is 3. The van der Waals surface area contributed by atoms with Crippen LogP contribution in [0, 0.1) is 5.92 Å². The van der Waals surface area contributed by atoms with Gasteiger partial charge in [0.15, 0.2) is 5.12 Å². The summed E-state index contributed by atoms with van der Waals surface area (Å²) in [6.45, 7) is 7.77. The van der Waals surface area contributed by atoms with Crippen molar-refractivity contribution in [3.8, 4) is 0 Å². The fourth-order valence-electron chi connectivity index (χ4n) is 1.46. The third-order valence-corrected chi connectivity index (χ3v) is 3.58. The maximum absolute atomic E-state index is 12.0. The van der Waals surface area contributed by atoms with Crippen LogP contribution in [0.1, 0.15) is 39.4 Å². The lowest BCUT2D eigenvalue weighted by Crippen LogP contribution is -2.21. The molecule has 1 aromatic rings. The number of aliphatic hydroxyl groups is 1. The molecule has 1 aromatic carbocycles. The summed E-state index contributed by atoms with van der Waals surface area (Å²) in [5, 5.41) is 10.2. The molecule has 0 aliphatic heterocycles. The van der Waals surface area contributed by atoms with Gasteiger partial charge in [-0.15, -0.1) is 0 Å². The monoisotopic (exact) mass is 252 g/mol. The second-order valence-corrected chi connectivity index (χ2v) is 7.01. The molecule has 0 heterocycles. The molecule has 0 unspecified atom stereocenters. The standard InChI is InChI=1S/C14H20O2S/c1-10(13(16)17-14(2,3)4)12(15)11-8-6-5-7-9-11/h5-10,12,15H,1-4H3/t10-,12+/m1/s1. The maximum Gasteiger partial charge on any atom is 0.195 e. The van der Waals surface area contributed by atoms with Crippen molar-refractivity contribution in [1.29, 1.82) is 0 Å². The number of hydrogen-bond donors (Lipinski definition) is 1. The van der Waals surface area contributed by atoms with Crippen LogP contribution in [0.15, 0.2) is 30.3 Å². The first-order valence-corrected chi connectivity index (χ1v) is 6.59.